The molecule has 1 unspecified atom stereocenters. The Labute approximate surface area is 184 Å². The summed E-state index contributed by atoms with van der Waals surface area (Å²) in [6.45, 7) is 4.15. The number of benzene rings is 2. The van der Waals surface area contributed by atoms with Crippen molar-refractivity contribution in [1.82, 2.24) is 14.8 Å². The van der Waals surface area contributed by atoms with Crippen LogP contribution in [0.2, 0.25) is 10.0 Å². The van der Waals surface area contributed by atoms with Crippen LogP contribution in [0.25, 0.3) is 11.4 Å². The molecule has 5 rings (SSSR count). The van der Waals surface area contributed by atoms with Gasteiger partial charge in [0.05, 0.1) is 0 Å². The molecule has 152 valence electrons. The molecular weight excluding hydrogens is 419 g/mol. The molecule has 0 spiro atoms. The Bertz CT molecular complexity index is 1230. The second-order valence-corrected chi connectivity index (χ2v) is 8.71. The second-order valence-electron chi connectivity index (χ2n) is 7.86. The molecule has 0 fully saturated rings. The highest BCUT2D eigenvalue weighted by molar-refractivity contribution is 6.35. The van der Waals surface area contributed by atoms with E-state index in [2.05, 4.69) is 31.3 Å². The second kappa shape index (κ2) is 7.25. The quantitative estimate of drug-likeness (QED) is 0.541. The van der Waals surface area contributed by atoms with Gasteiger partial charge >= 0.3 is 0 Å². The number of carbonyl (C=O) groups is 1. The molecule has 1 aliphatic carbocycles. The lowest BCUT2D eigenvalue weighted by Crippen LogP contribution is -2.31. The largest absolute Gasteiger partial charge is 0.328 e. The molecule has 2 aromatic carbocycles. The molecule has 1 aromatic heterocycles. The van der Waals surface area contributed by atoms with Gasteiger partial charge in [-0.15, -0.1) is 5.10 Å². The van der Waals surface area contributed by atoms with Crippen LogP contribution < -0.4 is 5.32 Å². The van der Waals surface area contributed by atoms with Crippen LogP contribution in [0, 0.1) is 13.8 Å². The van der Waals surface area contributed by atoms with Crippen molar-refractivity contribution in [3.8, 4) is 11.4 Å². The van der Waals surface area contributed by atoms with Crippen molar-refractivity contribution in [1.29, 1.82) is 0 Å². The van der Waals surface area contributed by atoms with Gasteiger partial charge in [0.15, 0.2) is 11.6 Å². The summed E-state index contributed by atoms with van der Waals surface area (Å²) in [6, 6.07) is 11.1. The van der Waals surface area contributed by atoms with Crippen molar-refractivity contribution >= 4 is 34.9 Å². The Morgan fingerprint density at radius 3 is 2.67 bits per heavy atom. The van der Waals surface area contributed by atoms with Crippen LogP contribution >= 0.6 is 23.2 Å². The number of carbonyl (C=O) groups excluding carboxylic acids is 1. The van der Waals surface area contributed by atoms with E-state index in [1.165, 1.54) is 11.1 Å². The number of ketones is 1. The number of nitrogens with one attached hydrogen (secondary N) is 1. The summed E-state index contributed by atoms with van der Waals surface area (Å²) in [6.07, 6.45) is 2.15. The lowest BCUT2D eigenvalue weighted by molar-refractivity contribution is -0.116. The maximum Gasteiger partial charge on any atom is 0.226 e. The Hall–Kier alpha value is -2.63. The van der Waals surface area contributed by atoms with E-state index < -0.39 is 6.04 Å². The third kappa shape index (κ3) is 3.13. The van der Waals surface area contributed by atoms with Crippen molar-refractivity contribution in [3.63, 3.8) is 0 Å². The predicted molar refractivity (Wildman–Crippen MR) is 119 cm³/mol. The highest BCUT2D eigenvalue weighted by Gasteiger charge is 2.37. The predicted octanol–water partition coefficient (Wildman–Crippen LogP) is 5.89. The first-order valence-electron chi connectivity index (χ1n) is 9.95. The average Bonchev–Trinajstić information content (AvgIpc) is 3.13. The van der Waals surface area contributed by atoms with Gasteiger partial charge in [0.1, 0.15) is 6.04 Å². The fourth-order valence-electron chi connectivity index (χ4n) is 4.17. The van der Waals surface area contributed by atoms with Gasteiger partial charge in [0.25, 0.3) is 0 Å². The van der Waals surface area contributed by atoms with Crippen LogP contribution in [-0.4, -0.2) is 20.5 Å². The fraction of sp³-hybridized carbons (Fsp3) is 0.261. The molecule has 0 bridgehead atoms. The molecular formula is C23H20Cl2N4O. The standard InChI is InChI=1S/C23H20Cl2N4O/c1-12-6-7-14(10-13(12)2)22-27-23-26-18-4-3-5-19(30)20(18)21(29(23)28-22)16-9-8-15(24)11-17(16)25/h6-11,21H,3-5H2,1-2H3,(H,26,27,28). The minimum atomic E-state index is -0.429. The number of rotatable bonds is 2. The average molecular weight is 439 g/mol. The number of Topliss-reactive ketones (excluding diaryl/α,β-unsaturated/α-hetero) is 1. The fourth-order valence-corrected chi connectivity index (χ4v) is 4.68. The Morgan fingerprint density at radius 1 is 1.07 bits per heavy atom. The van der Waals surface area contributed by atoms with E-state index in [0.717, 1.165) is 35.2 Å². The van der Waals surface area contributed by atoms with Gasteiger partial charge in [0.2, 0.25) is 5.95 Å². The van der Waals surface area contributed by atoms with Gasteiger partial charge in [0, 0.05) is 38.9 Å². The van der Waals surface area contributed by atoms with Gasteiger partial charge in [-0.25, -0.2) is 4.68 Å². The number of anilines is 1. The molecule has 30 heavy (non-hydrogen) atoms. The molecule has 3 aromatic rings. The van der Waals surface area contributed by atoms with E-state index in [9.17, 15) is 4.79 Å². The summed E-state index contributed by atoms with van der Waals surface area (Å²) in [5.41, 5.74) is 5.76. The third-order valence-electron chi connectivity index (χ3n) is 5.89. The number of hydrogen-bond donors (Lipinski definition) is 1. The number of hydrogen-bond acceptors (Lipinski definition) is 4. The number of nitrogens with zero attached hydrogens (tertiary/aromatic N) is 3. The first kappa shape index (κ1) is 19.3. The monoisotopic (exact) mass is 438 g/mol. The minimum absolute atomic E-state index is 0.119. The molecule has 7 heteroatoms. The zero-order valence-corrected chi connectivity index (χ0v) is 18.2. The van der Waals surface area contributed by atoms with Crippen LogP contribution in [0.4, 0.5) is 5.95 Å². The first-order chi connectivity index (χ1) is 14.4. The summed E-state index contributed by atoms with van der Waals surface area (Å²) in [5.74, 6) is 1.35. The lowest BCUT2D eigenvalue weighted by atomic mass is 9.85. The molecule has 0 saturated heterocycles. The van der Waals surface area contributed by atoms with Crippen LogP contribution in [-0.2, 0) is 4.79 Å². The summed E-state index contributed by atoms with van der Waals surface area (Å²) < 4.78 is 1.78. The van der Waals surface area contributed by atoms with Crippen LogP contribution in [0.5, 0.6) is 0 Å². The molecule has 0 saturated carbocycles. The van der Waals surface area contributed by atoms with E-state index in [-0.39, 0.29) is 5.78 Å². The first-order valence-corrected chi connectivity index (χ1v) is 10.7. The van der Waals surface area contributed by atoms with Crippen molar-refractivity contribution < 1.29 is 4.79 Å². The number of aryl methyl sites for hydroxylation is 2. The van der Waals surface area contributed by atoms with Gasteiger partial charge in [-0.05, 0) is 56.0 Å². The van der Waals surface area contributed by atoms with Gasteiger partial charge in [-0.2, -0.15) is 4.98 Å². The van der Waals surface area contributed by atoms with Crippen molar-refractivity contribution in [2.45, 2.75) is 39.2 Å². The molecule has 0 radical (unpaired) electrons. The zero-order chi connectivity index (χ0) is 21.0. The molecule has 1 N–H and O–H groups in total. The van der Waals surface area contributed by atoms with Gasteiger partial charge in [-0.1, -0.05) is 41.4 Å². The maximum absolute atomic E-state index is 12.9. The number of aromatic nitrogens is 3. The van der Waals surface area contributed by atoms with Gasteiger partial charge in [-0.3, -0.25) is 4.79 Å². The molecule has 1 atom stereocenters. The Morgan fingerprint density at radius 2 is 1.90 bits per heavy atom. The number of fused-ring (bicyclic) bond motifs is 1. The summed E-state index contributed by atoms with van der Waals surface area (Å²) in [5, 5.41) is 9.22. The van der Waals surface area contributed by atoms with E-state index >= 15 is 0 Å². The van der Waals surface area contributed by atoms with Crippen LogP contribution in [0.15, 0.2) is 47.7 Å². The Balaban J connectivity index is 1.69. The molecule has 1 aliphatic heterocycles. The van der Waals surface area contributed by atoms with E-state index in [4.69, 9.17) is 33.3 Å². The topological polar surface area (TPSA) is 59.8 Å². The normalized spacial score (nSPS) is 18.1. The van der Waals surface area contributed by atoms with E-state index in [1.807, 2.05) is 12.1 Å². The zero-order valence-electron chi connectivity index (χ0n) is 16.7. The summed E-state index contributed by atoms with van der Waals surface area (Å²) in [4.78, 5) is 17.7. The number of halogens is 2. The molecule has 2 aliphatic rings. The minimum Gasteiger partial charge on any atom is -0.328 e. The Kier molecular flexibility index (Phi) is 4.68. The number of allylic oxidation sites excluding steroid dienone is 2. The van der Waals surface area contributed by atoms with E-state index in [0.29, 0.717) is 28.2 Å². The van der Waals surface area contributed by atoms with Crippen LogP contribution in [0.1, 0.15) is 42.0 Å². The third-order valence-corrected chi connectivity index (χ3v) is 6.45. The maximum atomic E-state index is 12.9. The SMILES string of the molecule is Cc1ccc(-c2nc3n(n2)C(c2ccc(Cl)cc2Cl)C2=C(CCCC2=O)N3)cc1C. The lowest BCUT2D eigenvalue weighted by Gasteiger charge is -2.32. The van der Waals surface area contributed by atoms with Crippen molar-refractivity contribution in [2.75, 3.05) is 5.32 Å². The smallest absolute Gasteiger partial charge is 0.226 e. The van der Waals surface area contributed by atoms with E-state index in [1.54, 1.807) is 16.8 Å². The molecule has 0 amide bonds. The summed E-state index contributed by atoms with van der Waals surface area (Å²) >= 11 is 12.7. The van der Waals surface area contributed by atoms with Gasteiger partial charge < -0.3 is 5.32 Å². The van der Waals surface area contributed by atoms with Crippen LogP contribution in [0.3, 0.4) is 0 Å². The molecule has 5 nitrogen and oxygen atoms in total. The van der Waals surface area contributed by atoms with Crippen molar-refractivity contribution in [3.05, 3.63) is 74.4 Å². The highest BCUT2D eigenvalue weighted by atomic mass is 35.5. The van der Waals surface area contributed by atoms with Crippen molar-refractivity contribution in [2.24, 2.45) is 0 Å². The highest BCUT2D eigenvalue weighted by Crippen LogP contribution is 2.43. The summed E-state index contributed by atoms with van der Waals surface area (Å²) in [7, 11) is 0. The molecule has 2 heterocycles.